The molecular formula is C22H26ClN3O3. The number of benzene rings is 2. The Morgan fingerprint density at radius 1 is 1.14 bits per heavy atom. The Morgan fingerprint density at radius 2 is 1.93 bits per heavy atom. The molecule has 0 aliphatic carbocycles. The van der Waals surface area contributed by atoms with Gasteiger partial charge in [0.1, 0.15) is 18.1 Å². The molecule has 2 heterocycles. The van der Waals surface area contributed by atoms with Crippen LogP contribution in [0.15, 0.2) is 48.5 Å². The minimum Gasteiger partial charge on any atom is -0.497 e. The highest BCUT2D eigenvalue weighted by molar-refractivity contribution is 6.30. The van der Waals surface area contributed by atoms with E-state index in [4.69, 9.17) is 21.1 Å². The highest BCUT2D eigenvalue weighted by Gasteiger charge is 2.40. The molecule has 0 bridgehead atoms. The second-order valence-corrected chi connectivity index (χ2v) is 7.81. The van der Waals surface area contributed by atoms with Crippen LogP contribution in [0.3, 0.4) is 0 Å². The zero-order valence-corrected chi connectivity index (χ0v) is 17.3. The van der Waals surface area contributed by atoms with Gasteiger partial charge in [0.05, 0.1) is 13.2 Å². The first kappa shape index (κ1) is 20.0. The van der Waals surface area contributed by atoms with Crippen LogP contribution in [0, 0.1) is 0 Å². The number of ether oxygens (including phenoxy) is 2. The molecule has 6 nitrogen and oxygen atoms in total. The van der Waals surface area contributed by atoms with Crippen molar-refractivity contribution >= 4 is 17.5 Å². The van der Waals surface area contributed by atoms with Gasteiger partial charge in [0.2, 0.25) is 0 Å². The number of methoxy groups -OCH3 is 1. The Balaban J connectivity index is 1.54. The topological polar surface area (TPSA) is 54.0 Å². The van der Waals surface area contributed by atoms with Crippen molar-refractivity contribution in [2.45, 2.75) is 12.1 Å². The molecule has 29 heavy (non-hydrogen) atoms. The summed E-state index contributed by atoms with van der Waals surface area (Å²) in [5, 5.41) is 4.03. The van der Waals surface area contributed by atoms with Crippen molar-refractivity contribution < 1.29 is 14.3 Å². The van der Waals surface area contributed by atoms with Crippen LogP contribution >= 0.6 is 11.6 Å². The lowest BCUT2D eigenvalue weighted by Crippen LogP contribution is -2.68. The fourth-order valence-corrected chi connectivity index (χ4v) is 4.32. The molecule has 0 spiro atoms. The lowest BCUT2D eigenvalue weighted by molar-refractivity contribution is -0.00633. The number of nitrogens with one attached hydrogen (secondary N) is 1. The molecule has 1 N–H and O–H groups in total. The Labute approximate surface area is 176 Å². The first-order valence-corrected chi connectivity index (χ1v) is 10.3. The summed E-state index contributed by atoms with van der Waals surface area (Å²) in [7, 11) is 1.64. The predicted molar refractivity (Wildman–Crippen MR) is 113 cm³/mol. The zero-order valence-electron chi connectivity index (χ0n) is 16.5. The van der Waals surface area contributed by atoms with Gasteiger partial charge in [0, 0.05) is 49.4 Å². The maximum Gasteiger partial charge on any atom is 0.254 e. The summed E-state index contributed by atoms with van der Waals surface area (Å²) < 4.78 is 11.3. The van der Waals surface area contributed by atoms with Crippen LogP contribution in [0.4, 0.5) is 0 Å². The summed E-state index contributed by atoms with van der Waals surface area (Å²) in [6.07, 6.45) is 0. The van der Waals surface area contributed by atoms with Gasteiger partial charge in [-0.1, -0.05) is 17.7 Å². The number of halogens is 1. The van der Waals surface area contributed by atoms with Gasteiger partial charge >= 0.3 is 0 Å². The number of fused-ring (bicyclic) bond motifs is 1. The fraction of sp³-hybridized carbons (Fsp3) is 0.409. The average Bonchev–Trinajstić information content (AvgIpc) is 2.77. The van der Waals surface area contributed by atoms with Crippen molar-refractivity contribution in [1.82, 2.24) is 15.1 Å². The van der Waals surface area contributed by atoms with E-state index in [-0.39, 0.29) is 18.0 Å². The van der Waals surface area contributed by atoms with Gasteiger partial charge in [-0.05, 0) is 42.5 Å². The summed E-state index contributed by atoms with van der Waals surface area (Å²) in [6, 6.07) is 14.9. The number of hydrogen-bond acceptors (Lipinski definition) is 5. The van der Waals surface area contributed by atoms with Crippen molar-refractivity contribution in [2.75, 3.05) is 46.4 Å². The van der Waals surface area contributed by atoms with E-state index >= 15 is 0 Å². The number of piperazine rings is 2. The van der Waals surface area contributed by atoms with Crippen LogP contribution in [-0.2, 0) is 0 Å². The third kappa shape index (κ3) is 4.50. The van der Waals surface area contributed by atoms with Gasteiger partial charge < -0.3 is 19.7 Å². The van der Waals surface area contributed by atoms with Gasteiger partial charge in [-0.3, -0.25) is 9.69 Å². The van der Waals surface area contributed by atoms with E-state index in [1.54, 1.807) is 19.2 Å². The normalized spacial score (nSPS) is 22.1. The van der Waals surface area contributed by atoms with Gasteiger partial charge in [-0.15, -0.1) is 0 Å². The highest BCUT2D eigenvalue weighted by atomic mass is 35.5. The Bertz CT molecular complexity index is 845. The van der Waals surface area contributed by atoms with Gasteiger partial charge in [0.25, 0.3) is 5.91 Å². The van der Waals surface area contributed by atoms with E-state index in [1.165, 1.54) is 0 Å². The minimum atomic E-state index is -0.0508. The maximum atomic E-state index is 13.3. The molecule has 0 aromatic heterocycles. The summed E-state index contributed by atoms with van der Waals surface area (Å²) >= 11 is 6.12. The third-order valence-corrected chi connectivity index (χ3v) is 5.92. The van der Waals surface area contributed by atoms with Crippen molar-refractivity contribution in [3.05, 3.63) is 59.1 Å². The van der Waals surface area contributed by atoms with E-state index in [9.17, 15) is 4.79 Å². The molecule has 2 aromatic rings. The average molecular weight is 416 g/mol. The molecule has 2 unspecified atom stereocenters. The van der Waals surface area contributed by atoms with Crippen LogP contribution in [-0.4, -0.2) is 74.2 Å². The molecule has 2 saturated heterocycles. The third-order valence-electron chi connectivity index (χ3n) is 5.68. The second kappa shape index (κ2) is 9.03. The number of hydrogen-bond donors (Lipinski definition) is 1. The Morgan fingerprint density at radius 3 is 2.69 bits per heavy atom. The Kier molecular flexibility index (Phi) is 6.23. The van der Waals surface area contributed by atoms with Crippen LogP contribution in [0.1, 0.15) is 10.4 Å². The molecule has 154 valence electrons. The number of carbonyl (C=O) groups is 1. The summed E-state index contributed by atoms with van der Waals surface area (Å²) in [6.45, 7) is 4.79. The van der Waals surface area contributed by atoms with Crippen LogP contribution in [0.5, 0.6) is 11.5 Å². The number of rotatable bonds is 5. The van der Waals surface area contributed by atoms with Crippen molar-refractivity contribution in [2.24, 2.45) is 0 Å². The van der Waals surface area contributed by atoms with Crippen molar-refractivity contribution in [1.29, 1.82) is 0 Å². The number of amides is 1. The molecular weight excluding hydrogens is 390 g/mol. The summed E-state index contributed by atoms with van der Waals surface area (Å²) in [5.41, 5.74) is 0.615. The first-order valence-electron chi connectivity index (χ1n) is 9.94. The van der Waals surface area contributed by atoms with Crippen molar-refractivity contribution in [3.8, 4) is 11.5 Å². The molecule has 2 fully saturated rings. The lowest BCUT2D eigenvalue weighted by Gasteiger charge is -2.49. The van der Waals surface area contributed by atoms with E-state index < -0.39 is 0 Å². The maximum absolute atomic E-state index is 13.3. The van der Waals surface area contributed by atoms with Gasteiger partial charge in [-0.2, -0.15) is 0 Å². The zero-order chi connectivity index (χ0) is 20.2. The molecule has 2 atom stereocenters. The SMILES string of the molecule is COc1ccc(OCC2C3CNCCN3CCN2C(=O)c2cccc(Cl)c2)cc1. The van der Waals surface area contributed by atoms with E-state index in [0.29, 0.717) is 23.7 Å². The van der Waals surface area contributed by atoms with Crippen LogP contribution in [0.2, 0.25) is 5.02 Å². The largest absolute Gasteiger partial charge is 0.497 e. The standard InChI is InChI=1S/C22H26ClN3O3/c1-28-18-5-7-19(8-6-18)29-15-21-20-14-24-9-10-25(20)11-12-26(21)22(27)16-3-2-4-17(23)13-16/h2-8,13,20-21,24H,9-12,14-15H2,1H3. The molecule has 2 aliphatic heterocycles. The van der Waals surface area contributed by atoms with E-state index in [2.05, 4.69) is 10.2 Å². The Hall–Kier alpha value is -2.28. The predicted octanol–water partition coefficient (Wildman–Crippen LogP) is 2.53. The number of nitrogens with zero attached hydrogens (tertiary/aromatic N) is 2. The van der Waals surface area contributed by atoms with Crippen LogP contribution < -0.4 is 14.8 Å². The molecule has 7 heteroatoms. The highest BCUT2D eigenvalue weighted by Crippen LogP contribution is 2.24. The fourth-order valence-electron chi connectivity index (χ4n) is 4.13. The van der Waals surface area contributed by atoms with Gasteiger partial charge in [-0.25, -0.2) is 0 Å². The molecule has 0 saturated carbocycles. The van der Waals surface area contributed by atoms with E-state index in [0.717, 1.165) is 37.7 Å². The van der Waals surface area contributed by atoms with Gasteiger partial charge in [0.15, 0.2) is 0 Å². The smallest absolute Gasteiger partial charge is 0.254 e. The van der Waals surface area contributed by atoms with E-state index in [1.807, 2.05) is 41.3 Å². The second-order valence-electron chi connectivity index (χ2n) is 7.37. The first-order chi connectivity index (χ1) is 14.2. The molecule has 2 aliphatic rings. The quantitative estimate of drug-likeness (QED) is 0.813. The number of carbonyl (C=O) groups excluding carboxylic acids is 1. The van der Waals surface area contributed by atoms with Crippen molar-refractivity contribution in [3.63, 3.8) is 0 Å². The monoisotopic (exact) mass is 415 g/mol. The summed E-state index contributed by atoms with van der Waals surface area (Å²) in [5.74, 6) is 1.55. The summed E-state index contributed by atoms with van der Waals surface area (Å²) in [4.78, 5) is 17.7. The minimum absolute atomic E-state index is 0.000976. The lowest BCUT2D eigenvalue weighted by atomic mass is 9.98. The molecule has 4 rings (SSSR count). The van der Waals surface area contributed by atoms with Crippen LogP contribution in [0.25, 0.3) is 0 Å². The molecule has 1 amide bonds. The molecule has 2 aromatic carbocycles. The molecule has 0 radical (unpaired) electrons.